The van der Waals surface area contributed by atoms with Gasteiger partial charge in [0.25, 0.3) is 17.1 Å². The molecule has 0 aliphatic carbocycles. The minimum absolute atomic E-state index is 0.0701. The molecular formula is C22H18N2O4S. The van der Waals surface area contributed by atoms with Gasteiger partial charge in [-0.05, 0) is 43.0 Å². The number of imide groups is 1. The summed E-state index contributed by atoms with van der Waals surface area (Å²) in [6.07, 6.45) is 6.77. The van der Waals surface area contributed by atoms with E-state index in [0.29, 0.717) is 17.0 Å². The molecular weight excluding hydrogens is 388 g/mol. The minimum atomic E-state index is -0.440. The van der Waals surface area contributed by atoms with Gasteiger partial charge in [-0.15, -0.1) is 6.42 Å². The molecule has 0 atom stereocenters. The molecule has 0 unspecified atom stereocenters. The summed E-state index contributed by atoms with van der Waals surface area (Å²) in [7, 11) is 0. The zero-order chi connectivity index (χ0) is 20.8. The predicted molar refractivity (Wildman–Crippen MR) is 113 cm³/mol. The van der Waals surface area contributed by atoms with Gasteiger partial charge < -0.3 is 10.1 Å². The zero-order valence-corrected chi connectivity index (χ0v) is 16.5. The van der Waals surface area contributed by atoms with Gasteiger partial charge in [-0.25, -0.2) is 0 Å². The highest BCUT2D eigenvalue weighted by Gasteiger charge is 2.34. The van der Waals surface area contributed by atoms with Crippen LogP contribution in [0.15, 0.2) is 53.4 Å². The van der Waals surface area contributed by atoms with E-state index in [4.69, 9.17) is 11.2 Å². The van der Waals surface area contributed by atoms with Crippen molar-refractivity contribution in [3.63, 3.8) is 0 Å². The first-order valence-electron chi connectivity index (χ1n) is 8.75. The van der Waals surface area contributed by atoms with Crippen molar-refractivity contribution in [2.75, 3.05) is 18.5 Å². The molecule has 0 aromatic heterocycles. The minimum Gasteiger partial charge on any atom is -0.483 e. The molecule has 29 heavy (non-hydrogen) atoms. The van der Waals surface area contributed by atoms with Crippen LogP contribution < -0.4 is 10.1 Å². The number of thioether (sulfide) groups is 1. The number of nitrogens with one attached hydrogen (secondary N) is 1. The molecule has 1 fully saturated rings. The Balaban J connectivity index is 1.69. The number of carbonyl (C=O) groups excluding carboxylic acids is 3. The number of amides is 3. The van der Waals surface area contributed by atoms with E-state index in [-0.39, 0.29) is 24.0 Å². The lowest BCUT2D eigenvalue weighted by Crippen LogP contribution is -2.28. The first-order chi connectivity index (χ1) is 14.0. The number of benzene rings is 2. The number of ether oxygens (including phenoxy) is 1. The zero-order valence-electron chi connectivity index (χ0n) is 15.7. The Kier molecular flexibility index (Phi) is 6.37. The smallest absolute Gasteiger partial charge is 0.294 e. The van der Waals surface area contributed by atoms with E-state index in [9.17, 15) is 14.4 Å². The van der Waals surface area contributed by atoms with Gasteiger partial charge in [-0.3, -0.25) is 19.3 Å². The number of hydrogen-bond acceptors (Lipinski definition) is 5. The molecule has 1 N–H and O–H groups in total. The third kappa shape index (κ3) is 5.06. The average molecular weight is 406 g/mol. The molecule has 3 amide bonds. The quantitative estimate of drug-likeness (QED) is 0.585. The fraction of sp³-hybridized carbons (Fsp3) is 0.136. The molecule has 1 heterocycles. The van der Waals surface area contributed by atoms with Crippen molar-refractivity contribution in [1.82, 2.24) is 4.90 Å². The normalized spacial score (nSPS) is 14.8. The van der Waals surface area contributed by atoms with Crippen LogP contribution in [0.1, 0.15) is 11.1 Å². The van der Waals surface area contributed by atoms with E-state index in [1.165, 1.54) is 0 Å². The summed E-state index contributed by atoms with van der Waals surface area (Å²) in [5.41, 5.74) is 2.36. The maximum Gasteiger partial charge on any atom is 0.294 e. The van der Waals surface area contributed by atoms with Crippen LogP contribution >= 0.6 is 11.8 Å². The van der Waals surface area contributed by atoms with Gasteiger partial charge in [0.15, 0.2) is 6.61 Å². The Labute approximate surface area is 172 Å². The number of terminal acetylenes is 1. The fourth-order valence-electron chi connectivity index (χ4n) is 2.58. The third-order valence-electron chi connectivity index (χ3n) is 4.02. The second kappa shape index (κ2) is 9.13. The first-order valence-corrected chi connectivity index (χ1v) is 9.57. The van der Waals surface area contributed by atoms with Gasteiger partial charge in [0.2, 0.25) is 0 Å². The third-order valence-corrected chi connectivity index (χ3v) is 4.93. The summed E-state index contributed by atoms with van der Waals surface area (Å²) in [6.45, 7) is 1.70. The van der Waals surface area contributed by atoms with E-state index >= 15 is 0 Å². The summed E-state index contributed by atoms with van der Waals surface area (Å²) in [6, 6.07) is 14.4. The Hall–Kier alpha value is -3.50. The molecule has 0 spiro atoms. The van der Waals surface area contributed by atoms with Crippen molar-refractivity contribution in [3.05, 3.63) is 64.6 Å². The molecule has 0 bridgehead atoms. The number of aryl methyl sites for hydroxylation is 1. The summed E-state index contributed by atoms with van der Waals surface area (Å²) >= 11 is 0.821. The molecule has 2 aromatic rings. The lowest BCUT2D eigenvalue weighted by Gasteiger charge is -2.10. The van der Waals surface area contributed by atoms with Crippen molar-refractivity contribution in [1.29, 1.82) is 0 Å². The Bertz CT molecular complexity index is 1020. The number of carbonyl (C=O) groups is 3. The van der Waals surface area contributed by atoms with Crippen molar-refractivity contribution in [3.8, 4) is 18.1 Å². The first kappa shape index (κ1) is 20.2. The second-order valence-corrected chi connectivity index (χ2v) is 7.21. The van der Waals surface area contributed by atoms with Gasteiger partial charge in [0, 0.05) is 11.3 Å². The van der Waals surface area contributed by atoms with Crippen LogP contribution in [0.2, 0.25) is 0 Å². The SMILES string of the molecule is C#CCN1C(=O)S/C(=C\c2ccccc2OCC(=O)Nc2ccc(C)cc2)C1=O. The van der Waals surface area contributed by atoms with Gasteiger partial charge >= 0.3 is 0 Å². The number of para-hydroxylation sites is 1. The van der Waals surface area contributed by atoms with Crippen LogP contribution in [-0.4, -0.2) is 35.1 Å². The van der Waals surface area contributed by atoms with Crippen molar-refractivity contribution in [2.45, 2.75) is 6.92 Å². The lowest BCUT2D eigenvalue weighted by atomic mass is 10.2. The Morgan fingerprint density at radius 1 is 1.21 bits per heavy atom. The van der Waals surface area contributed by atoms with E-state index in [1.807, 2.05) is 31.2 Å². The van der Waals surface area contributed by atoms with Crippen LogP contribution in [-0.2, 0) is 9.59 Å². The predicted octanol–water partition coefficient (Wildman–Crippen LogP) is 3.68. The molecule has 1 aliphatic heterocycles. The van der Waals surface area contributed by atoms with Crippen LogP contribution in [0, 0.1) is 19.3 Å². The Morgan fingerprint density at radius 3 is 2.66 bits per heavy atom. The summed E-state index contributed by atoms with van der Waals surface area (Å²) < 4.78 is 5.63. The maximum atomic E-state index is 12.3. The van der Waals surface area contributed by atoms with Crippen molar-refractivity contribution < 1.29 is 19.1 Å². The molecule has 7 heteroatoms. The van der Waals surface area contributed by atoms with Crippen LogP contribution in [0.3, 0.4) is 0 Å². The van der Waals surface area contributed by atoms with Gasteiger partial charge in [-0.2, -0.15) is 0 Å². The highest BCUT2D eigenvalue weighted by Crippen LogP contribution is 2.33. The van der Waals surface area contributed by atoms with E-state index in [0.717, 1.165) is 22.2 Å². The standard InChI is InChI=1S/C22H18N2O4S/c1-3-12-24-21(26)19(29-22(24)27)13-16-6-4-5-7-18(16)28-14-20(25)23-17-10-8-15(2)9-11-17/h1,4-11,13H,12,14H2,2H3,(H,23,25)/b19-13-. The summed E-state index contributed by atoms with van der Waals surface area (Å²) in [5, 5.41) is 2.35. The second-order valence-electron chi connectivity index (χ2n) is 6.21. The number of anilines is 1. The number of hydrogen-bond donors (Lipinski definition) is 1. The van der Waals surface area contributed by atoms with Crippen molar-refractivity contribution in [2.24, 2.45) is 0 Å². The topological polar surface area (TPSA) is 75.7 Å². The fourth-order valence-corrected chi connectivity index (χ4v) is 3.41. The highest BCUT2D eigenvalue weighted by atomic mass is 32.2. The molecule has 0 radical (unpaired) electrons. The molecule has 6 nitrogen and oxygen atoms in total. The number of nitrogens with zero attached hydrogens (tertiary/aromatic N) is 1. The summed E-state index contributed by atoms with van der Waals surface area (Å²) in [5.74, 6) is 1.98. The van der Waals surface area contributed by atoms with E-state index in [2.05, 4.69) is 11.2 Å². The molecule has 2 aromatic carbocycles. The average Bonchev–Trinajstić information content (AvgIpc) is 2.97. The molecule has 0 saturated carbocycles. The number of rotatable bonds is 6. The van der Waals surface area contributed by atoms with Crippen LogP contribution in [0.5, 0.6) is 5.75 Å². The summed E-state index contributed by atoms with van der Waals surface area (Å²) in [4.78, 5) is 37.7. The van der Waals surface area contributed by atoms with Gasteiger partial charge in [-0.1, -0.05) is 41.8 Å². The maximum absolute atomic E-state index is 12.3. The van der Waals surface area contributed by atoms with E-state index < -0.39 is 11.1 Å². The lowest BCUT2D eigenvalue weighted by molar-refractivity contribution is -0.122. The van der Waals surface area contributed by atoms with Crippen LogP contribution in [0.25, 0.3) is 6.08 Å². The van der Waals surface area contributed by atoms with Crippen LogP contribution in [0.4, 0.5) is 10.5 Å². The monoisotopic (exact) mass is 406 g/mol. The molecule has 3 rings (SSSR count). The highest BCUT2D eigenvalue weighted by molar-refractivity contribution is 8.18. The van der Waals surface area contributed by atoms with Gasteiger partial charge in [0.1, 0.15) is 5.75 Å². The molecule has 1 saturated heterocycles. The largest absolute Gasteiger partial charge is 0.483 e. The Morgan fingerprint density at radius 2 is 1.93 bits per heavy atom. The van der Waals surface area contributed by atoms with Gasteiger partial charge in [0.05, 0.1) is 11.4 Å². The van der Waals surface area contributed by atoms with Crippen molar-refractivity contribution >= 4 is 40.6 Å². The molecule has 1 aliphatic rings. The van der Waals surface area contributed by atoms with E-state index in [1.54, 1.807) is 30.3 Å². The molecule has 146 valence electrons.